The van der Waals surface area contributed by atoms with Crippen molar-refractivity contribution in [3.8, 4) is 0 Å². The lowest BCUT2D eigenvalue weighted by Gasteiger charge is -2.21. The number of thiophene rings is 1. The molecule has 0 spiro atoms. The van der Waals surface area contributed by atoms with Crippen molar-refractivity contribution in [3.63, 3.8) is 0 Å². The molecule has 5 heteroatoms. The van der Waals surface area contributed by atoms with Crippen LogP contribution in [0.5, 0.6) is 0 Å². The maximum atomic E-state index is 11.6. The number of nitrogens with zero attached hydrogens (tertiary/aromatic N) is 1. The molecule has 0 saturated heterocycles. The zero-order valence-corrected chi connectivity index (χ0v) is 10.5. The summed E-state index contributed by atoms with van der Waals surface area (Å²) in [6.45, 7) is 5.63. The number of carbonyl (C=O) groups excluding carboxylic acids is 1. The average molecular weight is 242 g/mol. The molecule has 0 aliphatic heterocycles. The zero-order valence-electron chi connectivity index (χ0n) is 8.82. The summed E-state index contributed by atoms with van der Waals surface area (Å²) in [4.78, 5) is 14.3. The predicted octanol–water partition coefficient (Wildman–Crippen LogP) is 2.10. The normalized spacial score (nSPS) is 9.73. The van der Waals surface area contributed by atoms with Gasteiger partial charge in [0.1, 0.15) is 0 Å². The molecule has 0 saturated carbocycles. The minimum Gasteiger partial charge on any atom is -0.350 e. The molecule has 3 nitrogen and oxygen atoms in total. The van der Waals surface area contributed by atoms with Crippen molar-refractivity contribution in [3.05, 3.63) is 22.4 Å². The highest BCUT2D eigenvalue weighted by Gasteiger charge is 2.11. The third-order valence-corrected chi connectivity index (χ3v) is 3.24. The fourth-order valence-corrected chi connectivity index (χ4v) is 2.13. The third kappa shape index (κ3) is 3.28. The maximum Gasteiger partial charge on any atom is 0.267 e. The van der Waals surface area contributed by atoms with Crippen LogP contribution in [-0.4, -0.2) is 29.0 Å². The van der Waals surface area contributed by atoms with Crippen molar-refractivity contribution in [2.24, 2.45) is 0 Å². The lowest BCUT2D eigenvalue weighted by molar-refractivity contribution is 0.0977. The van der Waals surface area contributed by atoms with E-state index in [0.717, 1.165) is 13.1 Å². The van der Waals surface area contributed by atoms with Gasteiger partial charge < -0.3 is 4.90 Å². The van der Waals surface area contributed by atoms with E-state index >= 15 is 0 Å². The molecule has 0 bridgehead atoms. The highest BCUT2D eigenvalue weighted by atomic mass is 32.1. The fourth-order valence-electron chi connectivity index (χ4n) is 1.16. The molecule has 1 rings (SSSR count). The number of rotatable bonds is 3. The van der Waals surface area contributed by atoms with Crippen LogP contribution in [0, 0.1) is 0 Å². The van der Waals surface area contributed by atoms with Gasteiger partial charge in [-0.1, -0.05) is 6.07 Å². The van der Waals surface area contributed by atoms with Crippen LogP contribution in [0.4, 0.5) is 0 Å². The van der Waals surface area contributed by atoms with Crippen molar-refractivity contribution >= 4 is 34.6 Å². The Balaban J connectivity index is 2.55. The molecule has 0 atom stereocenters. The van der Waals surface area contributed by atoms with E-state index in [1.165, 1.54) is 11.3 Å². The Bertz CT molecular complexity index is 331. The fraction of sp³-hybridized carbons (Fsp3) is 0.400. The number of amides is 1. The molecule has 0 radical (unpaired) electrons. The van der Waals surface area contributed by atoms with Crippen molar-refractivity contribution in [1.29, 1.82) is 0 Å². The van der Waals surface area contributed by atoms with Crippen LogP contribution in [0.1, 0.15) is 23.5 Å². The van der Waals surface area contributed by atoms with E-state index in [-0.39, 0.29) is 5.91 Å². The molecule has 1 aromatic heterocycles. The van der Waals surface area contributed by atoms with Gasteiger partial charge in [0.25, 0.3) is 5.91 Å². The van der Waals surface area contributed by atoms with Gasteiger partial charge in [0.2, 0.25) is 0 Å². The van der Waals surface area contributed by atoms with E-state index in [9.17, 15) is 4.79 Å². The SMILES string of the molecule is CCN(CC)C(=S)NC(=O)c1cccs1. The molecule has 0 aromatic carbocycles. The monoisotopic (exact) mass is 242 g/mol. The van der Waals surface area contributed by atoms with Crippen LogP contribution in [0.2, 0.25) is 0 Å². The molecule has 1 heterocycles. The molecule has 0 fully saturated rings. The van der Waals surface area contributed by atoms with Gasteiger partial charge in [0.05, 0.1) is 4.88 Å². The first-order valence-corrected chi connectivity index (χ1v) is 6.11. The summed E-state index contributed by atoms with van der Waals surface area (Å²) >= 11 is 6.53. The smallest absolute Gasteiger partial charge is 0.267 e. The molecule has 0 aliphatic carbocycles. The number of thiocarbonyl (C=S) groups is 1. The van der Waals surface area contributed by atoms with Crippen molar-refractivity contribution in [2.75, 3.05) is 13.1 Å². The van der Waals surface area contributed by atoms with Crippen LogP contribution in [0.25, 0.3) is 0 Å². The van der Waals surface area contributed by atoms with Gasteiger partial charge in [-0.2, -0.15) is 0 Å². The third-order valence-electron chi connectivity index (χ3n) is 2.02. The molecule has 0 aliphatic rings. The second-order valence-electron chi connectivity index (χ2n) is 2.91. The first kappa shape index (κ1) is 12.1. The maximum absolute atomic E-state index is 11.6. The molecule has 1 aromatic rings. The summed E-state index contributed by atoms with van der Waals surface area (Å²) in [5.74, 6) is -0.123. The Morgan fingerprint density at radius 1 is 1.53 bits per heavy atom. The number of carbonyl (C=O) groups is 1. The van der Waals surface area contributed by atoms with Crippen LogP contribution < -0.4 is 5.32 Å². The largest absolute Gasteiger partial charge is 0.350 e. The Hall–Kier alpha value is -0.940. The number of nitrogens with one attached hydrogen (secondary N) is 1. The van der Waals surface area contributed by atoms with Gasteiger partial charge in [0.15, 0.2) is 5.11 Å². The first-order chi connectivity index (χ1) is 7.19. The second kappa shape index (κ2) is 5.82. The highest BCUT2D eigenvalue weighted by Crippen LogP contribution is 2.07. The quantitative estimate of drug-likeness (QED) is 0.824. The van der Waals surface area contributed by atoms with Crippen LogP contribution in [0.15, 0.2) is 17.5 Å². The topological polar surface area (TPSA) is 32.3 Å². The molecule has 15 heavy (non-hydrogen) atoms. The van der Waals surface area contributed by atoms with Crippen LogP contribution >= 0.6 is 23.6 Å². The second-order valence-corrected chi connectivity index (χ2v) is 4.24. The average Bonchev–Trinajstić information content (AvgIpc) is 2.72. The molecule has 1 amide bonds. The Labute approximate surface area is 99.1 Å². The van der Waals surface area contributed by atoms with Gasteiger partial charge in [-0.3, -0.25) is 10.1 Å². The van der Waals surface area contributed by atoms with Gasteiger partial charge in [-0.05, 0) is 37.5 Å². The van der Waals surface area contributed by atoms with E-state index in [2.05, 4.69) is 5.32 Å². The van der Waals surface area contributed by atoms with E-state index < -0.39 is 0 Å². The van der Waals surface area contributed by atoms with Crippen molar-refractivity contribution in [2.45, 2.75) is 13.8 Å². The minimum absolute atomic E-state index is 0.123. The number of hydrogen-bond acceptors (Lipinski definition) is 3. The first-order valence-electron chi connectivity index (χ1n) is 4.82. The molecule has 82 valence electrons. The summed E-state index contributed by atoms with van der Waals surface area (Å²) in [5, 5.41) is 5.08. The minimum atomic E-state index is -0.123. The lowest BCUT2D eigenvalue weighted by atomic mass is 10.4. The zero-order chi connectivity index (χ0) is 11.3. The molecular formula is C10H14N2OS2. The van der Waals surface area contributed by atoms with Crippen molar-refractivity contribution < 1.29 is 4.79 Å². The van der Waals surface area contributed by atoms with Crippen LogP contribution in [0.3, 0.4) is 0 Å². The van der Waals surface area contributed by atoms with Crippen molar-refractivity contribution in [1.82, 2.24) is 10.2 Å². The summed E-state index contributed by atoms with van der Waals surface area (Å²) in [7, 11) is 0. The predicted molar refractivity (Wildman–Crippen MR) is 67.3 cm³/mol. The highest BCUT2D eigenvalue weighted by molar-refractivity contribution is 7.80. The van der Waals surface area contributed by atoms with Gasteiger partial charge in [-0.25, -0.2) is 0 Å². The van der Waals surface area contributed by atoms with E-state index in [1.54, 1.807) is 6.07 Å². The van der Waals surface area contributed by atoms with Gasteiger partial charge in [0, 0.05) is 13.1 Å². The molecule has 1 N–H and O–H groups in total. The van der Waals surface area contributed by atoms with Gasteiger partial charge in [-0.15, -0.1) is 11.3 Å². The summed E-state index contributed by atoms with van der Waals surface area (Å²) in [6.07, 6.45) is 0. The lowest BCUT2D eigenvalue weighted by Crippen LogP contribution is -2.42. The molecule has 0 unspecified atom stereocenters. The number of hydrogen-bond donors (Lipinski definition) is 1. The van der Waals surface area contributed by atoms with Crippen LogP contribution in [-0.2, 0) is 0 Å². The van der Waals surface area contributed by atoms with E-state index in [4.69, 9.17) is 12.2 Å². The molecular weight excluding hydrogens is 228 g/mol. The summed E-state index contributed by atoms with van der Waals surface area (Å²) < 4.78 is 0. The van der Waals surface area contributed by atoms with Gasteiger partial charge >= 0.3 is 0 Å². The Kier molecular flexibility index (Phi) is 4.71. The Morgan fingerprint density at radius 2 is 2.20 bits per heavy atom. The summed E-state index contributed by atoms with van der Waals surface area (Å²) in [6, 6.07) is 3.63. The Morgan fingerprint density at radius 3 is 2.67 bits per heavy atom. The van der Waals surface area contributed by atoms with E-state index in [1.807, 2.05) is 30.2 Å². The van der Waals surface area contributed by atoms with E-state index in [0.29, 0.717) is 9.99 Å². The standard InChI is InChI=1S/C10H14N2OS2/c1-3-12(4-2)10(14)11-9(13)8-6-5-7-15-8/h5-7H,3-4H2,1-2H3,(H,11,13,14). The summed E-state index contributed by atoms with van der Waals surface area (Å²) in [5.41, 5.74) is 0.